The van der Waals surface area contributed by atoms with E-state index in [9.17, 15) is 18.0 Å². The van der Waals surface area contributed by atoms with Crippen LogP contribution in [0, 0.1) is 25.7 Å². The molecule has 0 aliphatic rings. The minimum atomic E-state index is -3.81. The summed E-state index contributed by atoms with van der Waals surface area (Å²) < 4.78 is 33.1. The standard InChI is InChI=1S/C25H34N2O5S/c1-17(2)14-27(15-18(3)4)24(28)16-32-25(29)21-8-11-23(12-9-21)33(30,31)26-22-10-7-19(5)20(6)13-22/h7-13,17-18,26H,14-16H2,1-6H3. The number of nitrogens with zero attached hydrogens (tertiary/aromatic N) is 1. The quantitative estimate of drug-likeness (QED) is 0.515. The number of aryl methyl sites for hydroxylation is 2. The van der Waals surface area contributed by atoms with Crippen LogP contribution < -0.4 is 4.72 Å². The van der Waals surface area contributed by atoms with Crippen molar-refractivity contribution in [3.8, 4) is 0 Å². The van der Waals surface area contributed by atoms with Gasteiger partial charge < -0.3 is 9.64 Å². The van der Waals surface area contributed by atoms with Crippen molar-refractivity contribution >= 4 is 27.6 Å². The monoisotopic (exact) mass is 474 g/mol. The lowest BCUT2D eigenvalue weighted by Gasteiger charge is -2.26. The maximum atomic E-state index is 12.7. The lowest BCUT2D eigenvalue weighted by molar-refractivity contribution is -0.135. The Morgan fingerprint density at radius 3 is 2.00 bits per heavy atom. The molecule has 2 aromatic carbocycles. The van der Waals surface area contributed by atoms with Crippen molar-refractivity contribution in [2.75, 3.05) is 24.4 Å². The SMILES string of the molecule is Cc1ccc(NS(=O)(=O)c2ccc(C(=O)OCC(=O)N(CC(C)C)CC(C)C)cc2)cc1C. The number of esters is 1. The highest BCUT2D eigenvalue weighted by atomic mass is 32.2. The van der Waals surface area contributed by atoms with Crippen molar-refractivity contribution in [3.05, 3.63) is 59.2 Å². The van der Waals surface area contributed by atoms with Gasteiger partial charge >= 0.3 is 5.97 Å². The summed E-state index contributed by atoms with van der Waals surface area (Å²) in [4.78, 5) is 26.6. The molecule has 0 aromatic heterocycles. The zero-order valence-electron chi connectivity index (χ0n) is 20.2. The molecule has 7 nitrogen and oxygen atoms in total. The Morgan fingerprint density at radius 1 is 0.909 bits per heavy atom. The molecule has 0 spiro atoms. The van der Waals surface area contributed by atoms with Gasteiger partial charge in [-0.2, -0.15) is 0 Å². The van der Waals surface area contributed by atoms with Crippen LogP contribution in [0.3, 0.4) is 0 Å². The number of carbonyl (C=O) groups is 2. The molecule has 8 heteroatoms. The fraction of sp³-hybridized carbons (Fsp3) is 0.440. The van der Waals surface area contributed by atoms with E-state index < -0.39 is 16.0 Å². The van der Waals surface area contributed by atoms with Gasteiger partial charge in [-0.3, -0.25) is 9.52 Å². The van der Waals surface area contributed by atoms with E-state index in [4.69, 9.17) is 4.74 Å². The Bertz CT molecular complexity index is 1070. The van der Waals surface area contributed by atoms with Gasteiger partial charge in [0.15, 0.2) is 6.61 Å². The average Bonchev–Trinajstić information content (AvgIpc) is 2.73. The minimum absolute atomic E-state index is 0.0217. The second-order valence-electron chi connectivity index (χ2n) is 9.09. The lowest BCUT2D eigenvalue weighted by Crippen LogP contribution is -2.39. The predicted octanol–water partition coefficient (Wildman–Crippen LogP) is 4.40. The van der Waals surface area contributed by atoms with E-state index in [1.54, 1.807) is 17.0 Å². The van der Waals surface area contributed by atoms with Crippen LogP contribution >= 0.6 is 0 Å². The molecule has 0 bridgehead atoms. The zero-order chi connectivity index (χ0) is 24.8. The molecule has 0 radical (unpaired) electrons. The first-order chi connectivity index (χ1) is 15.4. The molecule has 180 valence electrons. The summed E-state index contributed by atoms with van der Waals surface area (Å²) >= 11 is 0. The molecule has 0 aliphatic carbocycles. The number of benzene rings is 2. The van der Waals surface area contributed by atoms with Crippen LogP contribution in [-0.2, 0) is 19.6 Å². The van der Waals surface area contributed by atoms with Crippen molar-refractivity contribution in [2.24, 2.45) is 11.8 Å². The fourth-order valence-corrected chi connectivity index (χ4v) is 4.30. The predicted molar refractivity (Wildman–Crippen MR) is 130 cm³/mol. The van der Waals surface area contributed by atoms with Gasteiger partial charge in [-0.25, -0.2) is 13.2 Å². The van der Waals surface area contributed by atoms with Gasteiger partial charge in [0.1, 0.15) is 0 Å². The van der Waals surface area contributed by atoms with E-state index in [0.29, 0.717) is 30.6 Å². The summed E-state index contributed by atoms with van der Waals surface area (Å²) in [6.07, 6.45) is 0. The summed E-state index contributed by atoms with van der Waals surface area (Å²) in [6, 6.07) is 10.7. The molecule has 0 saturated heterocycles. The van der Waals surface area contributed by atoms with E-state index in [1.807, 2.05) is 47.6 Å². The first-order valence-electron chi connectivity index (χ1n) is 11.0. The molecule has 0 unspecified atom stereocenters. The number of hydrogen-bond acceptors (Lipinski definition) is 5. The molecule has 1 N–H and O–H groups in total. The Labute approximate surface area is 197 Å². The molecule has 33 heavy (non-hydrogen) atoms. The van der Waals surface area contributed by atoms with Crippen LogP contribution in [0.25, 0.3) is 0 Å². The molecular formula is C25H34N2O5S. The van der Waals surface area contributed by atoms with Gasteiger partial charge in [-0.05, 0) is 73.2 Å². The third-order valence-electron chi connectivity index (χ3n) is 5.01. The normalized spacial score (nSPS) is 11.5. The van der Waals surface area contributed by atoms with Gasteiger partial charge in [-0.1, -0.05) is 33.8 Å². The Kier molecular flexibility index (Phi) is 9.05. The van der Waals surface area contributed by atoms with Crippen molar-refractivity contribution in [2.45, 2.75) is 46.4 Å². The van der Waals surface area contributed by atoms with Crippen molar-refractivity contribution in [3.63, 3.8) is 0 Å². The zero-order valence-corrected chi connectivity index (χ0v) is 21.0. The number of hydrogen-bond donors (Lipinski definition) is 1. The fourth-order valence-electron chi connectivity index (χ4n) is 3.25. The maximum Gasteiger partial charge on any atom is 0.338 e. The van der Waals surface area contributed by atoms with Gasteiger partial charge in [-0.15, -0.1) is 0 Å². The molecule has 2 rings (SSSR count). The summed E-state index contributed by atoms with van der Waals surface area (Å²) in [5.74, 6) is -0.323. The van der Waals surface area contributed by atoms with E-state index >= 15 is 0 Å². The van der Waals surface area contributed by atoms with Crippen molar-refractivity contribution in [1.82, 2.24) is 4.90 Å². The minimum Gasteiger partial charge on any atom is -0.452 e. The van der Waals surface area contributed by atoms with Gasteiger partial charge in [0.05, 0.1) is 10.5 Å². The molecule has 0 saturated carbocycles. The first-order valence-corrected chi connectivity index (χ1v) is 12.5. The highest BCUT2D eigenvalue weighted by Crippen LogP contribution is 2.19. The Balaban J connectivity index is 2.02. The smallest absolute Gasteiger partial charge is 0.338 e. The molecule has 0 atom stereocenters. The number of carbonyl (C=O) groups excluding carboxylic acids is 2. The summed E-state index contributed by atoms with van der Waals surface area (Å²) in [5.41, 5.74) is 2.68. The number of nitrogens with one attached hydrogen (secondary N) is 1. The summed E-state index contributed by atoms with van der Waals surface area (Å²) in [5, 5.41) is 0. The van der Waals surface area contributed by atoms with Crippen LogP contribution in [0.2, 0.25) is 0 Å². The average molecular weight is 475 g/mol. The molecule has 2 aromatic rings. The Hall–Kier alpha value is -2.87. The van der Waals surface area contributed by atoms with Crippen LogP contribution in [0.15, 0.2) is 47.4 Å². The number of anilines is 1. The highest BCUT2D eigenvalue weighted by molar-refractivity contribution is 7.92. The van der Waals surface area contributed by atoms with Crippen LogP contribution in [-0.4, -0.2) is 44.9 Å². The number of ether oxygens (including phenoxy) is 1. The molecule has 0 aliphatic heterocycles. The van der Waals surface area contributed by atoms with Crippen LogP contribution in [0.4, 0.5) is 5.69 Å². The molecule has 1 amide bonds. The van der Waals surface area contributed by atoms with Gasteiger partial charge in [0, 0.05) is 18.8 Å². The molecular weight excluding hydrogens is 440 g/mol. The molecule has 0 fully saturated rings. The van der Waals surface area contributed by atoms with E-state index in [1.165, 1.54) is 24.3 Å². The van der Waals surface area contributed by atoms with E-state index in [2.05, 4.69) is 4.72 Å². The Morgan fingerprint density at radius 2 is 1.48 bits per heavy atom. The number of rotatable bonds is 10. The topological polar surface area (TPSA) is 92.8 Å². The lowest BCUT2D eigenvalue weighted by atomic mass is 10.1. The summed E-state index contributed by atoms with van der Waals surface area (Å²) in [6.45, 7) is 12.8. The third-order valence-corrected chi connectivity index (χ3v) is 6.41. The van der Waals surface area contributed by atoms with Crippen molar-refractivity contribution in [1.29, 1.82) is 0 Å². The van der Waals surface area contributed by atoms with Crippen LogP contribution in [0.1, 0.15) is 49.2 Å². The summed E-state index contributed by atoms with van der Waals surface area (Å²) in [7, 11) is -3.81. The van der Waals surface area contributed by atoms with Gasteiger partial charge in [0.25, 0.3) is 15.9 Å². The number of sulfonamides is 1. The number of amides is 1. The third kappa shape index (κ3) is 7.89. The van der Waals surface area contributed by atoms with Gasteiger partial charge in [0.2, 0.25) is 0 Å². The highest BCUT2D eigenvalue weighted by Gasteiger charge is 2.20. The van der Waals surface area contributed by atoms with Crippen molar-refractivity contribution < 1.29 is 22.7 Å². The molecule has 0 heterocycles. The van der Waals surface area contributed by atoms with E-state index in [0.717, 1.165) is 11.1 Å². The van der Waals surface area contributed by atoms with Crippen LogP contribution in [0.5, 0.6) is 0 Å². The largest absolute Gasteiger partial charge is 0.452 e. The maximum absolute atomic E-state index is 12.7. The second-order valence-corrected chi connectivity index (χ2v) is 10.8. The first kappa shape index (κ1) is 26.4. The van der Waals surface area contributed by atoms with E-state index in [-0.39, 0.29) is 23.0 Å². The second kappa shape index (κ2) is 11.3.